The van der Waals surface area contributed by atoms with Crippen molar-refractivity contribution in [1.82, 2.24) is 9.55 Å². The Balaban J connectivity index is 1.49. The minimum atomic E-state index is -0.287. The van der Waals surface area contributed by atoms with Crippen LogP contribution < -0.4 is 5.32 Å². The fraction of sp³-hybridized carbons (Fsp3) is 0.650. The van der Waals surface area contributed by atoms with E-state index >= 15 is 0 Å². The van der Waals surface area contributed by atoms with Crippen LogP contribution in [0.1, 0.15) is 52.3 Å². The van der Waals surface area contributed by atoms with Crippen molar-refractivity contribution in [2.45, 2.75) is 63.7 Å². The van der Waals surface area contributed by atoms with Gasteiger partial charge in [0.05, 0.1) is 24.2 Å². The van der Waals surface area contributed by atoms with E-state index in [9.17, 15) is 0 Å². The lowest BCUT2D eigenvalue weighted by molar-refractivity contribution is -0.177. The van der Waals surface area contributed by atoms with Crippen molar-refractivity contribution in [2.75, 3.05) is 18.5 Å². The number of benzene rings is 1. The summed E-state index contributed by atoms with van der Waals surface area (Å²) in [6.07, 6.45) is 4.11. The molecule has 0 radical (unpaired) electrons. The zero-order chi connectivity index (χ0) is 17.7. The number of aromatic nitrogens is 2. The number of hydrogen-bond donors (Lipinski definition) is 1. The third-order valence-electron chi connectivity index (χ3n) is 5.48. The van der Waals surface area contributed by atoms with Gasteiger partial charge in [0.25, 0.3) is 0 Å². The van der Waals surface area contributed by atoms with Gasteiger partial charge in [0, 0.05) is 37.0 Å². The summed E-state index contributed by atoms with van der Waals surface area (Å²) in [7, 11) is 2.10. The van der Waals surface area contributed by atoms with Gasteiger partial charge in [-0.05, 0) is 31.0 Å². The monoisotopic (exact) mass is 343 g/mol. The highest BCUT2D eigenvalue weighted by Gasteiger charge is 2.40. The van der Waals surface area contributed by atoms with Crippen LogP contribution in [0, 0.1) is 0 Å². The summed E-state index contributed by atoms with van der Waals surface area (Å²) in [6, 6.07) is 7.00. The van der Waals surface area contributed by atoms with E-state index in [1.165, 1.54) is 5.52 Å². The molecule has 1 saturated carbocycles. The molecule has 25 heavy (non-hydrogen) atoms. The molecule has 1 aliphatic heterocycles. The van der Waals surface area contributed by atoms with Gasteiger partial charge >= 0.3 is 0 Å². The van der Waals surface area contributed by atoms with E-state index in [1.807, 2.05) is 0 Å². The van der Waals surface area contributed by atoms with Crippen molar-refractivity contribution in [3.8, 4) is 0 Å². The Morgan fingerprint density at radius 2 is 1.84 bits per heavy atom. The van der Waals surface area contributed by atoms with Crippen LogP contribution in [0.4, 0.5) is 5.69 Å². The van der Waals surface area contributed by atoms with E-state index in [1.54, 1.807) is 0 Å². The summed E-state index contributed by atoms with van der Waals surface area (Å²) in [5.41, 5.74) is 3.44. The van der Waals surface area contributed by atoms with Crippen LogP contribution in [-0.2, 0) is 21.9 Å². The molecule has 1 aromatic heterocycles. The molecule has 0 unspecified atom stereocenters. The molecule has 1 N–H and O–H groups in total. The number of anilines is 1. The molecule has 2 aliphatic rings. The van der Waals surface area contributed by atoms with Crippen LogP contribution in [0.2, 0.25) is 0 Å². The van der Waals surface area contributed by atoms with Crippen LogP contribution >= 0.6 is 0 Å². The molecule has 136 valence electrons. The number of nitrogens with zero attached hydrogens (tertiary/aromatic N) is 2. The fourth-order valence-electron chi connectivity index (χ4n) is 4.18. The normalized spacial score (nSPS) is 21.3. The van der Waals surface area contributed by atoms with Gasteiger partial charge < -0.3 is 19.4 Å². The lowest BCUT2D eigenvalue weighted by Crippen LogP contribution is -2.39. The van der Waals surface area contributed by atoms with Crippen LogP contribution in [0.5, 0.6) is 0 Å². The molecule has 2 aromatic rings. The van der Waals surface area contributed by atoms with Gasteiger partial charge in [-0.15, -0.1) is 0 Å². The summed E-state index contributed by atoms with van der Waals surface area (Å²) in [5, 5.41) is 3.69. The Kier molecular flexibility index (Phi) is 4.04. The van der Waals surface area contributed by atoms with Crippen molar-refractivity contribution >= 4 is 16.7 Å². The minimum absolute atomic E-state index is 0.0420. The summed E-state index contributed by atoms with van der Waals surface area (Å²) in [6.45, 7) is 8.10. The molecule has 2 fully saturated rings. The molecule has 1 saturated heterocycles. The van der Waals surface area contributed by atoms with Gasteiger partial charge in [-0.3, -0.25) is 0 Å². The van der Waals surface area contributed by atoms with Crippen molar-refractivity contribution in [3.63, 3.8) is 0 Å². The van der Waals surface area contributed by atoms with E-state index in [0.29, 0.717) is 6.04 Å². The molecular weight excluding hydrogens is 314 g/mol. The topological polar surface area (TPSA) is 48.3 Å². The molecule has 0 atom stereocenters. The molecular formula is C20H29N3O2. The quantitative estimate of drug-likeness (QED) is 0.896. The highest BCUT2D eigenvalue weighted by atomic mass is 16.7. The second kappa shape index (κ2) is 5.99. The number of nitrogens with one attached hydrogen (secondary N) is 1. The third kappa shape index (κ3) is 3.15. The molecule has 1 spiro atoms. The van der Waals surface area contributed by atoms with Gasteiger partial charge in [-0.1, -0.05) is 20.8 Å². The highest BCUT2D eigenvalue weighted by molar-refractivity contribution is 5.80. The summed E-state index contributed by atoms with van der Waals surface area (Å²) in [5.74, 6) is 0.833. The van der Waals surface area contributed by atoms with Gasteiger partial charge in [0.2, 0.25) is 0 Å². The van der Waals surface area contributed by atoms with Gasteiger partial charge in [0.1, 0.15) is 5.82 Å². The van der Waals surface area contributed by atoms with E-state index in [0.717, 1.165) is 55.9 Å². The second-order valence-electron chi connectivity index (χ2n) is 8.47. The van der Waals surface area contributed by atoms with Gasteiger partial charge in [-0.25, -0.2) is 4.98 Å². The number of hydrogen-bond acceptors (Lipinski definition) is 4. The second-order valence-corrected chi connectivity index (χ2v) is 8.47. The summed E-state index contributed by atoms with van der Waals surface area (Å²) in [4.78, 5) is 4.88. The Labute approximate surface area is 149 Å². The first-order valence-corrected chi connectivity index (χ1v) is 9.38. The Morgan fingerprint density at radius 3 is 2.48 bits per heavy atom. The number of rotatable bonds is 2. The zero-order valence-electron chi connectivity index (χ0n) is 15.8. The number of imidazole rings is 1. The molecule has 0 amide bonds. The van der Waals surface area contributed by atoms with Crippen molar-refractivity contribution in [2.24, 2.45) is 7.05 Å². The first-order chi connectivity index (χ1) is 11.9. The molecule has 1 aliphatic carbocycles. The Bertz CT molecular complexity index is 759. The number of aryl methyl sites for hydroxylation is 1. The van der Waals surface area contributed by atoms with Crippen LogP contribution in [-0.4, -0.2) is 34.6 Å². The molecule has 1 aromatic carbocycles. The number of fused-ring (bicyclic) bond motifs is 1. The third-order valence-corrected chi connectivity index (χ3v) is 5.48. The van der Waals surface area contributed by atoms with Crippen molar-refractivity contribution < 1.29 is 9.47 Å². The van der Waals surface area contributed by atoms with E-state index < -0.39 is 0 Å². The maximum absolute atomic E-state index is 5.82. The summed E-state index contributed by atoms with van der Waals surface area (Å²) >= 11 is 0. The first-order valence-electron chi connectivity index (χ1n) is 9.38. The molecule has 4 rings (SSSR count). The predicted molar refractivity (Wildman–Crippen MR) is 99.9 cm³/mol. The van der Waals surface area contributed by atoms with Crippen LogP contribution in [0.3, 0.4) is 0 Å². The smallest absolute Gasteiger partial charge is 0.168 e. The highest BCUT2D eigenvalue weighted by Crippen LogP contribution is 2.37. The van der Waals surface area contributed by atoms with Crippen molar-refractivity contribution in [1.29, 1.82) is 0 Å². The maximum Gasteiger partial charge on any atom is 0.168 e. The molecule has 5 heteroatoms. The lowest BCUT2D eigenvalue weighted by atomic mass is 9.90. The van der Waals surface area contributed by atoms with Crippen LogP contribution in [0.15, 0.2) is 18.2 Å². The molecule has 2 heterocycles. The minimum Gasteiger partial charge on any atom is -0.382 e. The van der Waals surface area contributed by atoms with E-state index in [-0.39, 0.29) is 11.2 Å². The van der Waals surface area contributed by atoms with E-state index in [4.69, 9.17) is 14.5 Å². The molecule has 5 nitrogen and oxygen atoms in total. The zero-order valence-corrected chi connectivity index (χ0v) is 15.8. The average molecular weight is 343 g/mol. The maximum atomic E-state index is 5.82. The predicted octanol–water partition coefficient (Wildman–Crippen LogP) is 3.97. The Morgan fingerprint density at radius 1 is 1.16 bits per heavy atom. The SMILES string of the molecule is Cn1c(C(C)(C)C)nc2cc(NC3CCC4(CC3)OCCO4)ccc21. The first kappa shape index (κ1) is 16.9. The fourth-order valence-corrected chi connectivity index (χ4v) is 4.18. The number of ether oxygens (including phenoxy) is 2. The van der Waals surface area contributed by atoms with Crippen LogP contribution in [0.25, 0.3) is 11.0 Å². The van der Waals surface area contributed by atoms with Gasteiger partial charge in [0.15, 0.2) is 5.79 Å². The van der Waals surface area contributed by atoms with Crippen molar-refractivity contribution in [3.05, 3.63) is 24.0 Å². The molecule has 0 bridgehead atoms. The largest absolute Gasteiger partial charge is 0.382 e. The van der Waals surface area contributed by atoms with Gasteiger partial charge in [-0.2, -0.15) is 0 Å². The summed E-state index contributed by atoms with van der Waals surface area (Å²) < 4.78 is 13.9. The van der Waals surface area contributed by atoms with E-state index in [2.05, 4.69) is 55.9 Å². The lowest BCUT2D eigenvalue weighted by Gasteiger charge is -2.36. The standard InChI is InChI=1S/C20H29N3O2/c1-19(2,3)18-22-16-13-15(5-6-17(16)23(18)4)21-14-7-9-20(10-8-14)24-11-12-25-20/h5-6,13-14,21H,7-12H2,1-4H3. The Hall–Kier alpha value is -1.59. The average Bonchev–Trinajstić information content (AvgIpc) is 3.15.